The third-order valence-corrected chi connectivity index (χ3v) is 4.69. The van der Waals surface area contributed by atoms with Crippen LogP contribution in [0.2, 0.25) is 0 Å². The average Bonchev–Trinajstić information content (AvgIpc) is 3.13. The van der Waals surface area contributed by atoms with Crippen LogP contribution in [0.3, 0.4) is 0 Å². The third-order valence-electron chi connectivity index (χ3n) is 3.80. The van der Waals surface area contributed by atoms with Crippen LogP contribution >= 0.6 is 11.3 Å². The van der Waals surface area contributed by atoms with Gasteiger partial charge in [0.2, 0.25) is 0 Å². The highest BCUT2D eigenvalue weighted by atomic mass is 32.1. The molecule has 2 aromatic rings. The van der Waals surface area contributed by atoms with E-state index in [-0.39, 0.29) is 17.7 Å². The lowest BCUT2D eigenvalue weighted by Gasteiger charge is -2.17. The van der Waals surface area contributed by atoms with E-state index in [4.69, 9.17) is 0 Å². The van der Waals surface area contributed by atoms with Gasteiger partial charge in [-0.25, -0.2) is 0 Å². The molecule has 1 aromatic carbocycles. The zero-order valence-corrected chi connectivity index (χ0v) is 14.8. The van der Waals surface area contributed by atoms with Crippen LogP contribution in [-0.2, 0) is 9.59 Å². The summed E-state index contributed by atoms with van der Waals surface area (Å²) in [7, 11) is 0. The van der Waals surface area contributed by atoms with Gasteiger partial charge in [-0.3, -0.25) is 14.5 Å². The van der Waals surface area contributed by atoms with Crippen LogP contribution in [0.15, 0.2) is 47.5 Å². The van der Waals surface area contributed by atoms with Crippen LogP contribution < -0.4 is 5.32 Å². The number of imide groups is 1. The molecular formula is C19H20N2O2S. The zero-order chi connectivity index (χ0) is 17.3. The second-order valence-electron chi connectivity index (χ2n) is 6.33. The molecule has 1 N–H and O–H groups in total. The van der Waals surface area contributed by atoms with Crippen molar-refractivity contribution in [2.24, 2.45) is 5.92 Å². The quantitative estimate of drug-likeness (QED) is 0.840. The largest absolute Gasteiger partial charge is 0.350 e. The second-order valence-corrected chi connectivity index (χ2v) is 7.28. The van der Waals surface area contributed by atoms with Crippen LogP contribution in [0.25, 0.3) is 5.57 Å². The predicted octanol–water partition coefficient (Wildman–Crippen LogP) is 3.90. The van der Waals surface area contributed by atoms with Gasteiger partial charge in [-0.15, -0.1) is 11.3 Å². The van der Waals surface area contributed by atoms with E-state index in [9.17, 15) is 9.59 Å². The van der Waals surface area contributed by atoms with Crippen molar-refractivity contribution in [2.75, 3.05) is 11.9 Å². The van der Waals surface area contributed by atoms with E-state index in [1.54, 1.807) is 0 Å². The molecule has 0 saturated heterocycles. The number of anilines is 1. The molecule has 1 aliphatic heterocycles. The van der Waals surface area contributed by atoms with E-state index in [2.05, 4.69) is 5.32 Å². The predicted molar refractivity (Wildman–Crippen MR) is 97.6 cm³/mol. The number of nitrogens with zero attached hydrogens (tertiary/aromatic N) is 1. The summed E-state index contributed by atoms with van der Waals surface area (Å²) in [5.74, 6) is -0.246. The Bertz CT molecular complexity index is 789. The Morgan fingerprint density at radius 3 is 2.38 bits per heavy atom. The summed E-state index contributed by atoms with van der Waals surface area (Å²) in [6.07, 6.45) is 0. The number of hydrogen-bond donors (Lipinski definition) is 1. The normalized spacial score (nSPS) is 14.9. The van der Waals surface area contributed by atoms with Gasteiger partial charge >= 0.3 is 0 Å². The van der Waals surface area contributed by atoms with E-state index in [1.807, 2.05) is 62.5 Å². The van der Waals surface area contributed by atoms with Gasteiger partial charge < -0.3 is 5.32 Å². The first-order chi connectivity index (χ1) is 11.5. The summed E-state index contributed by atoms with van der Waals surface area (Å²) < 4.78 is 0. The third kappa shape index (κ3) is 3.12. The van der Waals surface area contributed by atoms with Crippen molar-refractivity contribution in [2.45, 2.75) is 20.8 Å². The van der Waals surface area contributed by atoms with Crippen molar-refractivity contribution in [1.29, 1.82) is 0 Å². The van der Waals surface area contributed by atoms with Crippen molar-refractivity contribution < 1.29 is 9.59 Å². The van der Waals surface area contributed by atoms with E-state index in [0.717, 1.165) is 16.1 Å². The fourth-order valence-electron chi connectivity index (χ4n) is 2.65. The first kappa shape index (κ1) is 16.5. The zero-order valence-electron chi connectivity index (χ0n) is 14.0. The molecular weight excluding hydrogens is 320 g/mol. The molecule has 24 heavy (non-hydrogen) atoms. The Morgan fingerprint density at radius 2 is 1.79 bits per heavy atom. The summed E-state index contributed by atoms with van der Waals surface area (Å²) in [6.45, 7) is 6.42. The van der Waals surface area contributed by atoms with Crippen molar-refractivity contribution in [3.63, 3.8) is 0 Å². The standard InChI is InChI=1S/C19H20N2O2S/c1-12(2)11-21-18(22)16(15-5-4-10-24-15)17(19(21)23)20-14-8-6-13(3)7-9-14/h4-10,12,20H,11H2,1-3H3. The molecule has 0 unspecified atom stereocenters. The fraction of sp³-hybridized carbons (Fsp3) is 0.263. The highest BCUT2D eigenvalue weighted by Crippen LogP contribution is 2.33. The number of rotatable bonds is 5. The number of nitrogens with one attached hydrogen (secondary N) is 1. The number of hydrogen-bond acceptors (Lipinski definition) is 4. The minimum atomic E-state index is -0.252. The maximum absolute atomic E-state index is 12.8. The van der Waals surface area contributed by atoms with Crippen LogP contribution in [0.4, 0.5) is 5.69 Å². The molecule has 124 valence electrons. The maximum Gasteiger partial charge on any atom is 0.278 e. The van der Waals surface area contributed by atoms with Crippen molar-refractivity contribution in [1.82, 2.24) is 4.90 Å². The molecule has 0 atom stereocenters. The summed E-state index contributed by atoms with van der Waals surface area (Å²) in [5, 5.41) is 5.08. The lowest BCUT2D eigenvalue weighted by Crippen LogP contribution is -2.35. The molecule has 2 amide bonds. The number of benzene rings is 1. The molecule has 2 heterocycles. The summed E-state index contributed by atoms with van der Waals surface area (Å²) in [6, 6.07) is 11.5. The molecule has 0 fully saturated rings. The lowest BCUT2D eigenvalue weighted by atomic mass is 10.1. The fourth-order valence-corrected chi connectivity index (χ4v) is 3.42. The lowest BCUT2D eigenvalue weighted by molar-refractivity contribution is -0.137. The van der Waals surface area contributed by atoms with Gasteiger partial charge in [-0.1, -0.05) is 37.6 Å². The first-order valence-corrected chi connectivity index (χ1v) is 8.83. The first-order valence-electron chi connectivity index (χ1n) is 7.95. The SMILES string of the molecule is Cc1ccc(NC2=C(c3cccs3)C(=O)N(CC(C)C)C2=O)cc1. The molecule has 0 bridgehead atoms. The van der Waals surface area contributed by atoms with Crippen LogP contribution in [0, 0.1) is 12.8 Å². The molecule has 0 saturated carbocycles. The topological polar surface area (TPSA) is 49.4 Å². The van der Waals surface area contributed by atoms with Crippen molar-refractivity contribution in [3.05, 3.63) is 57.9 Å². The monoisotopic (exact) mass is 340 g/mol. The number of carbonyl (C=O) groups is 2. The van der Waals surface area contributed by atoms with Gasteiger partial charge in [0.15, 0.2) is 0 Å². The van der Waals surface area contributed by atoms with Gasteiger partial charge in [-0.05, 0) is 36.4 Å². The van der Waals surface area contributed by atoms with Crippen molar-refractivity contribution in [3.8, 4) is 0 Å². The van der Waals surface area contributed by atoms with E-state index in [1.165, 1.54) is 16.2 Å². The van der Waals surface area contributed by atoms with E-state index >= 15 is 0 Å². The summed E-state index contributed by atoms with van der Waals surface area (Å²) in [4.78, 5) is 27.8. The van der Waals surface area contributed by atoms with Gasteiger partial charge in [-0.2, -0.15) is 0 Å². The minimum absolute atomic E-state index is 0.217. The molecule has 5 heteroatoms. The Morgan fingerprint density at radius 1 is 1.08 bits per heavy atom. The van der Waals surface area contributed by atoms with Crippen LogP contribution in [-0.4, -0.2) is 23.3 Å². The minimum Gasteiger partial charge on any atom is -0.350 e. The molecule has 0 spiro atoms. The molecule has 4 nitrogen and oxygen atoms in total. The Balaban J connectivity index is 2.00. The van der Waals surface area contributed by atoms with Gasteiger partial charge in [0.1, 0.15) is 5.70 Å². The Labute approximate surface area is 145 Å². The van der Waals surface area contributed by atoms with E-state index < -0.39 is 0 Å². The highest BCUT2D eigenvalue weighted by Gasteiger charge is 2.39. The van der Waals surface area contributed by atoms with E-state index in [0.29, 0.717) is 17.8 Å². The highest BCUT2D eigenvalue weighted by molar-refractivity contribution is 7.11. The van der Waals surface area contributed by atoms with Crippen molar-refractivity contribution >= 4 is 34.4 Å². The van der Waals surface area contributed by atoms with Gasteiger partial charge in [0, 0.05) is 17.1 Å². The average molecular weight is 340 g/mol. The molecule has 1 aliphatic rings. The summed E-state index contributed by atoms with van der Waals surface area (Å²) in [5.41, 5.74) is 2.78. The second kappa shape index (κ2) is 6.61. The molecule has 0 aliphatic carbocycles. The number of aryl methyl sites for hydroxylation is 1. The molecule has 0 radical (unpaired) electrons. The molecule has 3 rings (SSSR count). The van der Waals surface area contributed by atoms with Crippen LogP contribution in [0.1, 0.15) is 24.3 Å². The maximum atomic E-state index is 12.8. The van der Waals surface area contributed by atoms with Crippen LogP contribution in [0.5, 0.6) is 0 Å². The van der Waals surface area contributed by atoms with Gasteiger partial charge in [0.25, 0.3) is 11.8 Å². The number of carbonyl (C=O) groups excluding carboxylic acids is 2. The number of amides is 2. The smallest absolute Gasteiger partial charge is 0.278 e. The Hall–Kier alpha value is -2.40. The summed E-state index contributed by atoms with van der Waals surface area (Å²) >= 11 is 1.47. The van der Waals surface area contributed by atoms with Gasteiger partial charge in [0.05, 0.1) is 5.57 Å². The Kier molecular flexibility index (Phi) is 4.53. The number of thiophene rings is 1. The molecule has 1 aromatic heterocycles.